The fraction of sp³-hybridized carbons (Fsp3) is 0.750. The van der Waals surface area contributed by atoms with Crippen molar-refractivity contribution >= 4 is 17.9 Å². The molecule has 0 aromatic carbocycles. The van der Waals surface area contributed by atoms with Crippen molar-refractivity contribution in [3.8, 4) is 0 Å². The molecule has 0 aromatic heterocycles. The van der Waals surface area contributed by atoms with Crippen LogP contribution in [-0.4, -0.2) is 41.2 Å². The highest BCUT2D eigenvalue weighted by molar-refractivity contribution is 6.08. The number of amides is 3. The predicted octanol–water partition coefficient (Wildman–Crippen LogP) is 1.35. The highest BCUT2D eigenvalue weighted by Crippen LogP contribution is 2.25. The van der Waals surface area contributed by atoms with Crippen LogP contribution in [0.2, 0.25) is 0 Å². The maximum atomic E-state index is 13.8. The lowest BCUT2D eigenvalue weighted by atomic mass is 9.95. The number of nitrogens with zero attached hydrogens (tertiary/aromatic N) is 1. The maximum absolute atomic E-state index is 13.8. The van der Waals surface area contributed by atoms with Crippen molar-refractivity contribution in [3.63, 3.8) is 0 Å². The summed E-state index contributed by atoms with van der Waals surface area (Å²) in [6.07, 6.45) is -0.432. The summed E-state index contributed by atoms with van der Waals surface area (Å²) in [7, 11) is 0. The summed E-state index contributed by atoms with van der Waals surface area (Å²) >= 11 is 0. The van der Waals surface area contributed by atoms with Crippen LogP contribution < -0.4 is 5.32 Å². The Hall–Kier alpha value is -1.66. The molecule has 2 unspecified atom stereocenters. The second kappa shape index (κ2) is 5.99. The molecule has 1 fully saturated rings. The Kier molecular flexibility index (Phi) is 4.85. The first kappa shape index (κ1) is 15.4. The van der Waals surface area contributed by atoms with Gasteiger partial charge in [-0.2, -0.15) is 0 Å². The van der Waals surface area contributed by atoms with Gasteiger partial charge in [0.2, 0.25) is 0 Å². The minimum Gasteiger partial charge on any atom is -0.462 e. The van der Waals surface area contributed by atoms with Crippen molar-refractivity contribution in [2.75, 3.05) is 6.61 Å². The lowest BCUT2D eigenvalue weighted by molar-refractivity contribution is -0.159. The predicted molar refractivity (Wildman–Crippen MR) is 64.8 cm³/mol. The molecule has 108 valence electrons. The van der Waals surface area contributed by atoms with Crippen molar-refractivity contribution in [3.05, 3.63) is 0 Å². The Morgan fingerprint density at radius 2 is 2.11 bits per heavy atom. The van der Waals surface area contributed by atoms with Crippen LogP contribution in [0.25, 0.3) is 0 Å². The van der Waals surface area contributed by atoms with Crippen LogP contribution in [0.4, 0.5) is 9.18 Å². The zero-order chi connectivity index (χ0) is 14.6. The summed E-state index contributed by atoms with van der Waals surface area (Å²) in [6.45, 7) is 4.97. The van der Waals surface area contributed by atoms with E-state index in [-0.39, 0.29) is 6.61 Å². The van der Waals surface area contributed by atoms with E-state index in [2.05, 4.69) is 10.1 Å². The molecule has 0 aliphatic carbocycles. The highest BCUT2D eigenvalue weighted by atomic mass is 19.1. The number of esters is 1. The molecule has 1 aliphatic heterocycles. The fourth-order valence-electron chi connectivity index (χ4n) is 1.93. The summed E-state index contributed by atoms with van der Waals surface area (Å²) in [5.74, 6) is -1.96. The molecule has 1 aliphatic rings. The molecule has 2 atom stereocenters. The number of urea groups is 1. The lowest BCUT2D eigenvalue weighted by Crippen LogP contribution is -2.46. The van der Waals surface area contributed by atoms with Gasteiger partial charge in [-0.25, -0.2) is 18.9 Å². The van der Waals surface area contributed by atoms with Crippen LogP contribution in [0.3, 0.4) is 0 Å². The summed E-state index contributed by atoms with van der Waals surface area (Å²) in [4.78, 5) is 35.3. The number of rotatable bonds is 6. The molecule has 0 radical (unpaired) electrons. The van der Waals surface area contributed by atoms with Crippen LogP contribution >= 0.6 is 0 Å². The summed E-state index contributed by atoms with van der Waals surface area (Å²) in [6, 6.07) is -0.899. The molecule has 0 aromatic rings. The second-order valence-electron chi connectivity index (χ2n) is 4.63. The second-order valence-corrected chi connectivity index (χ2v) is 4.63. The van der Waals surface area contributed by atoms with Gasteiger partial charge in [-0.05, 0) is 20.3 Å². The van der Waals surface area contributed by atoms with Crippen LogP contribution in [0.15, 0.2) is 0 Å². The van der Waals surface area contributed by atoms with Crippen molar-refractivity contribution in [1.29, 1.82) is 0 Å². The van der Waals surface area contributed by atoms with Crippen LogP contribution in [0.1, 0.15) is 40.0 Å². The Bertz CT molecular complexity index is 388. The number of hydrogen-bond donors (Lipinski definition) is 1. The monoisotopic (exact) mass is 274 g/mol. The van der Waals surface area contributed by atoms with E-state index in [0.29, 0.717) is 17.7 Å². The number of unbranched alkanes of at least 4 members (excludes halogenated alkanes) is 1. The van der Waals surface area contributed by atoms with Crippen LogP contribution in [-0.2, 0) is 14.3 Å². The molecule has 3 amide bonds. The normalized spacial score (nSPS) is 24.3. The van der Waals surface area contributed by atoms with E-state index in [9.17, 15) is 18.8 Å². The van der Waals surface area contributed by atoms with Gasteiger partial charge in [0.25, 0.3) is 12.2 Å². The molecule has 1 heterocycles. The Morgan fingerprint density at radius 3 is 2.63 bits per heavy atom. The summed E-state index contributed by atoms with van der Waals surface area (Å²) < 4.78 is 18.3. The van der Waals surface area contributed by atoms with E-state index in [0.717, 1.165) is 6.42 Å². The number of carbonyl (C=O) groups is 3. The molecule has 19 heavy (non-hydrogen) atoms. The number of ether oxygens (including phenoxy) is 1. The number of halogens is 1. The molecule has 0 saturated carbocycles. The van der Waals surface area contributed by atoms with Gasteiger partial charge in [-0.1, -0.05) is 19.8 Å². The van der Waals surface area contributed by atoms with Gasteiger partial charge in [0.05, 0.1) is 6.61 Å². The van der Waals surface area contributed by atoms with Crippen LogP contribution in [0, 0.1) is 0 Å². The zero-order valence-electron chi connectivity index (χ0n) is 11.4. The molecule has 7 heteroatoms. The largest absolute Gasteiger partial charge is 0.462 e. The quantitative estimate of drug-likeness (QED) is 0.450. The smallest absolute Gasteiger partial charge is 0.362 e. The lowest BCUT2D eigenvalue weighted by Gasteiger charge is -2.22. The van der Waals surface area contributed by atoms with Gasteiger partial charge in [-0.3, -0.25) is 4.79 Å². The third-order valence-electron chi connectivity index (χ3n) is 3.03. The SMILES string of the molecule is CCCCC1(C)NC(=O)N(C(F)C(=O)OCC)C1=O. The Labute approximate surface area is 111 Å². The summed E-state index contributed by atoms with van der Waals surface area (Å²) in [5.41, 5.74) is -1.15. The molecule has 1 rings (SSSR count). The van der Waals surface area contributed by atoms with E-state index < -0.39 is 29.7 Å². The molecule has 6 nitrogen and oxygen atoms in total. The molecule has 1 saturated heterocycles. The van der Waals surface area contributed by atoms with E-state index in [1.54, 1.807) is 0 Å². The fourth-order valence-corrected chi connectivity index (χ4v) is 1.93. The van der Waals surface area contributed by atoms with Crippen molar-refractivity contribution < 1.29 is 23.5 Å². The first-order valence-corrected chi connectivity index (χ1v) is 6.34. The molecule has 1 N–H and O–H groups in total. The minimum absolute atomic E-state index is 0.0179. The first-order valence-electron chi connectivity index (χ1n) is 6.34. The Balaban J connectivity index is 2.84. The number of alkyl halides is 1. The number of hydrogen-bond acceptors (Lipinski definition) is 4. The van der Waals surface area contributed by atoms with Gasteiger partial charge in [0.1, 0.15) is 5.54 Å². The number of carbonyl (C=O) groups excluding carboxylic acids is 3. The first-order chi connectivity index (χ1) is 8.87. The zero-order valence-corrected chi connectivity index (χ0v) is 11.4. The standard InChI is InChI=1S/C12H19FN2O4/c1-4-6-7-12(3)10(17)15(11(18)14-12)8(13)9(16)19-5-2/h8H,4-7H2,1-3H3,(H,14,18). The van der Waals surface area contributed by atoms with Gasteiger partial charge in [-0.15, -0.1) is 0 Å². The molecule has 0 bridgehead atoms. The van der Waals surface area contributed by atoms with E-state index >= 15 is 0 Å². The number of imide groups is 1. The average Bonchev–Trinajstić information content (AvgIpc) is 2.57. The Morgan fingerprint density at radius 1 is 1.47 bits per heavy atom. The average molecular weight is 274 g/mol. The van der Waals surface area contributed by atoms with Gasteiger partial charge < -0.3 is 10.1 Å². The third-order valence-corrected chi connectivity index (χ3v) is 3.03. The van der Waals surface area contributed by atoms with E-state index in [4.69, 9.17) is 0 Å². The van der Waals surface area contributed by atoms with Gasteiger partial charge >= 0.3 is 12.0 Å². The van der Waals surface area contributed by atoms with Gasteiger partial charge in [0.15, 0.2) is 0 Å². The van der Waals surface area contributed by atoms with Crippen molar-refractivity contribution in [1.82, 2.24) is 10.2 Å². The van der Waals surface area contributed by atoms with Crippen LogP contribution in [0.5, 0.6) is 0 Å². The maximum Gasteiger partial charge on any atom is 0.362 e. The topological polar surface area (TPSA) is 75.7 Å². The van der Waals surface area contributed by atoms with Crippen molar-refractivity contribution in [2.45, 2.75) is 51.9 Å². The molecule has 0 spiro atoms. The highest BCUT2D eigenvalue weighted by Gasteiger charge is 2.52. The van der Waals surface area contributed by atoms with Gasteiger partial charge in [0, 0.05) is 0 Å². The minimum atomic E-state index is -2.39. The summed E-state index contributed by atoms with van der Waals surface area (Å²) in [5, 5.41) is 2.43. The molecular formula is C12H19FN2O4. The van der Waals surface area contributed by atoms with E-state index in [1.165, 1.54) is 13.8 Å². The number of nitrogens with one attached hydrogen (secondary N) is 1. The third kappa shape index (κ3) is 3.02. The van der Waals surface area contributed by atoms with Crippen molar-refractivity contribution in [2.24, 2.45) is 0 Å². The molecular weight excluding hydrogens is 255 g/mol. The van der Waals surface area contributed by atoms with E-state index in [1.807, 2.05) is 6.92 Å².